The van der Waals surface area contributed by atoms with Crippen LogP contribution in [0.4, 0.5) is 0 Å². The van der Waals surface area contributed by atoms with Crippen LogP contribution in [-0.4, -0.2) is 23.9 Å². The van der Waals surface area contributed by atoms with Crippen LogP contribution in [0.15, 0.2) is 12.7 Å². The first-order chi connectivity index (χ1) is 4.77. The van der Waals surface area contributed by atoms with Crippen LogP contribution in [0.2, 0.25) is 0 Å². The molecule has 1 rings (SSSR count). The molecule has 1 unspecified atom stereocenters. The summed E-state index contributed by atoms with van der Waals surface area (Å²) in [4.78, 5) is 0. The molecule has 1 heterocycles. The molecule has 10 heavy (non-hydrogen) atoms. The maximum absolute atomic E-state index is 9.65. The monoisotopic (exact) mass is 142 g/mol. The summed E-state index contributed by atoms with van der Waals surface area (Å²) in [5.41, 5.74) is -0.547. The predicted octanol–water partition coefficient (Wildman–Crippen LogP) is 1.10. The van der Waals surface area contributed by atoms with Crippen LogP contribution in [-0.2, 0) is 4.74 Å². The molecule has 1 fully saturated rings. The number of ether oxygens (including phenoxy) is 1. The van der Waals surface area contributed by atoms with Crippen molar-refractivity contribution in [2.75, 3.05) is 13.2 Å². The molecule has 2 heteroatoms. The van der Waals surface area contributed by atoms with E-state index in [0.717, 1.165) is 19.3 Å². The van der Waals surface area contributed by atoms with Crippen molar-refractivity contribution in [2.45, 2.75) is 24.9 Å². The van der Waals surface area contributed by atoms with E-state index in [-0.39, 0.29) is 0 Å². The molecule has 1 aliphatic heterocycles. The Balaban J connectivity index is 2.28. The number of hydrogen-bond donors (Lipinski definition) is 1. The largest absolute Gasteiger partial charge is 0.387 e. The molecule has 0 saturated carbocycles. The molecule has 0 aromatic heterocycles. The molecule has 0 spiro atoms. The lowest BCUT2D eigenvalue weighted by Gasteiger charge is -2.18. The zero-order valence-electron chi connectivity index (χ0n) is 6.18. The summed E-state index contributed by atoms with van der Waals surface area (Å²) < 4.78 is 5.07. The second-order valence-corrected chi connectivity index (χ2v) is 2.85. The second kappa shape index (κ2) is 3.17. The van der Waals surface area contributed by atoms with E-state index in [1.54, 1.807) is 0 Å². The summed E-state index contributed by atoms with van der Waals surface area (Å²) in [6, 6.07) is 0. The van der Waals surface area contributed by atoms with E-state index in [0.29, 0.717) is 13.2 Å². The van der Waals surface area contributed by atoms with Gasteiger partial charge < -0.3 is 9.84 Å². The molecule has 1 saturated heterocycles. The molecule has 0 aromatic rings. The highest BCUT2D eigenvalue weighted by molar-refractivity contribution is 4.85. The molecule has 1 aliphatic rings. The second-order valence-electron chi connectivity index (χ2n) is 2.85. The van der Waals surface area contributed by atoms with Crippen LogP contribution in [0.25, 0.3) is 0 Å². The Morgan fingerprint density at radius 1 is 1.70 bits per heavy atom. The summed E-state index contributed by atoms with van der Waals surface area (Å²) in [7, 11) is 0. The molecule has 0 aromatic carbocycles. The summed E-state index contributed by atoms with van der Waals surface area (Å²) in [5, 5.41) is 9.65. The van der Waals surface area contributed by atoms with Crippen LogP contribution in [0.5, 0.6) is 0 Å². The lowest BCUT2D eigenvalue weighted by molar-refractivity contribution is 0.0201. The summed E-state index contributed by atoms with van der Waals surface area (Å²) in [6.07, 6.45) is 4.27. The number of allylic oxidation sites excluding steroid dienone is 1. The predicted molar refractivity (Wildman–Crippen MR) is 39.8 cm³/mol. The van der Waals surface area contributed by atoms with Gasteiger partial charge in [-0.15, -0.1) is 6.58 Å². The summed E-state index contributed by atoms with van der Waals surface area (Å²) in [6.45, 7) is 4.80. The van der Waals surface area contributed by atoms with Gasteiger partial charge in [0, 0.05) is 13.0 Å². The minimum Gasteiger partial charge on any atom is -0.387 e. The summed E-state index contributed by atoms with van der Waals surface area (Å²) >= 11 is 0. The molecule has 0 aliphatic carbocycles. The number of aliphatic hydroxyl groups is 1. The van der Waals surface area contributed by atoms with E-state index < -0.39 is 5.60 Å². The van der Waals surface area contributed by atoms with Crippen molar-refractivity contribution < 1.29 is 9.84 Å². The fourth-order valence-corrected chi connectivity index (χ4v) is 1.16. The first-order valence-corrected chi connectivity index (χ1v) is 3.68. The fraction of sp³-hybridized carbons (Fsp3) is 0.750. The van der Waals surface area contributed by atoms with E-state index in [9.17, 15) is 5.11 Å². The van der Waals surface area contributed by atoms with E-state index >= 15 is 0 Å². The van der Waals surface area contributed by atoms with Gasteiger partial charge in [-0.1, -0.05) is 6.08 Å². The Bertz CT molecular complexity index is 114. The summed E-state index contributed by atoms with van der Waals surface area (Å²) in [5.74, 6) is 0. The zero-order chi connectivity index (χ0) is 7.45. The van der Waals surface area contributed by atoms with Gasteiger partial charge in [0.1, 0.15) is 0 Å². The van der Waals surface area contributed by atoms with Crippen molar-refractivity contribution in [1.29, 1.82) is 0 Å². The van der Waals surface area contributed by atoms with Gasteiger partial charge in [0.05, 0.1) is 12.2 Å². The fourth-order valence-electron chi connectivity index (χ4n) is 1.16. The molecule has 1 N–H and O–H groups in total. The highest BCUT2D eigenvalue weighted by Gasteiger charge is 2.30. The van der Waals surface area contributed by atoms with Gasteiger partial charge in [-0.25, -0.2) is 0 Å². The third-order valence-corrected chi connectivity index (χ3v) is 1.90. The SMILES string of the molecule is C=CCCC1(O)CCOC1. The minimum absolute atomic E-state index is 0.501. The van der Waals surface area contributed by atoms with Gasteiger partial charge in [-0.05, 0) is 12.8 Å². The topological polar surface area (TPSA) is 29.5 Å². The first kappa shape index (κ1) is 7.76. The normalized spacial score (nSPS) is 32.5. The van der Waals surface area contributed by atoms with E-state index in [4.69, 9.17) is 4.74 Å². The third kappa shape index (κ3) is 1.82. The molecule has 1 atom stereocenters. The molecule has 58 valence electrons. The third-order valence-electron chi connectivity index (χ3n) is 1.90. The molecular weight excluding hydrogens is 128 g/mol. The Morgan fingerprint density at radius 3 is 3.00 bits per heavy atom. The average molecular weight is 142 g/mol. The molecule has 0 radical (unpaired) electrons. The van der Waals surface area contributed by atoms with Crippen LogP contribution < -0.4 is 0 Å². The van der Waals surface area contributed by atoms with Crippen molar-refractivity contribution in [3.05, 3.63) is 12.7 Å². The van der Waals surface area contributed by atoms with E-state index in [1.165, 1.54) is 0 Å². The minimum atomic E-state index is -0.547. The van der Waals surface area contributed by atoms with Crippen molar-refractivity contribution >= 4 is 0 Å². The molecular formula is C8H14O2. The highest BCUT2D eigenvalue weighted by Crippen LogP contribution is 2.23. The van der Waals surface area contributed by atoms with Crippen molar-refractivity contribution in [2.24, 2.45) is 0 Å². The average Bonchev–Trinajstić information content (AvgIpc) is 2.33. The first-order valence-electron chi connectivity index (χ1n) is 3.68. The Labute approximate surface area is 61.5 Å². The molecule has 2 nitrogen and oxygen atoms in total. The van der Waals surface area contributed by atoms with Gasteiger partial charge in [0.2, 0.25) is 0 Å². The van der Waals surface area contributed by atoms with Gasteiger partial charge >= 0.3 is 0 Å². The molecule has 0 bridgehead atoms. The van der Waals surface area contributed by atoms with Gasteiger partial charge in [-0.2, -0.15) is 0 Å². The quantitative estimate of drug-likeness (QED) is 0.598. The Hall–Kier alpha value is -0.340. The van der Waals surface area contributed by atoms with Crippen molar-refractivity contribution in [3.63, 3.8) is 0 Å². The maximum Gasteiger partial charge on any atom is 0.0905 e. The maximum atomic E-state index is 9.65. The van der Waals surface area contributed by atoms with Crippen molar-refractivity contribution in [3.8, 4) is 0 Å². The molecule has 0 amide bonds. The standard InChI is InChI=1S/C8H14O2/c1-2-3-4-8(9)5-6-10-7-8/h2,9H,1,3-7H2. The van der Waals surface area contributed by atoms with Crippen LogP contribution in [0.1, 0.15) is 19.3 Å². The lowest BCUT2D eigenvalue weighted by Crippen LogP contribution is -2.28. The van der Waals surface area contributed by atoms with Gasteiger partial charge in [0.25, 0.3) is 0 Å². The van der Waals surface area contributed by atoms with Gasteiger partial charge in [-0.3, -0.25) is 0 Å². The highest BCUT2D eigenvalue weighted by atomic mass is 16.5. The van der Waals surface area contributed by atoms with Crippen LogP contribution >= 0.6 is 0 Å². The number of rotatable bonds is 3. The van der Waals surface area contributed by atoms with Gasteiger partial charge in [0.15, 0.2) is 0 Å². The van der Waals surface area contributed by atoms with Crippen LogP contribution in [0.3, 0.4) is 0 Å². The smallest absolute Gasteiger partial charge is 0.0905 e. The van der Waals surface area contributed by atoms with E-state index in [1.807, 2.05) is 6.08 Å². The van der Waals surface area contributed by atoms with Crippen molar-refractivity contribution in [1.82, 2.24) is 0 Å². The lowest BCUT2D eigenvalue weighted by atomic mass is 9.97. The van der Waals surface area contributed by atoms with Crippen LogP contribution in [0, 0.1) is 0 Å². The zero-order valence-corrected chi connectivity index (χ0v) is 6.18. The van der Waals surface area contributed by atoms with E-state index in [2.05, 4.69) is 6.58 Å². The Kier molecular flexibility index (Phi) is 2.46. The Morgan fingerprint density at radius 2 is 2.50 bits per heavy atom. The number of hydrogen-bond acceptors (Lipinski definition) is 2.